The zero-order valence-corrected chi connectivity index (χ0v) is 16.3. The molecule has 4 N–H and O–H groups in total. The van der Waals surface area contributed by atoms with Crippen LogP contribution in [0.25, 0.3) is 0 Å². The van der Waals surface area contributed by atoms with E-state index in [1.807, 2.05) is 0 Å². The Hall–Kier alpha value is -0.490. The predicted molar refractivity (Wildman–Crippen MR) is 98.8 cm³/mol. The molecule has 7 nitrogen and oxygen atoms in total. The zero-order valence-electron chi connectivity index (χ0n) is 13.2. The van der Waals surface area contributed by atoms with Crippen molar-refractivity contribution < 1.29 is 25.2 Å². The van der Waals surface area contributed by atoms with Crippen molar-refractivity contribution >= 4 is 46.3 Å². The number of aliphatic hydroxyl groups excluding tert-OH is 4. The second-order valence-corrected chi connectivity index (χ2v) is 8.88. The maximum absolute atomic E-state index is 10.1. The summed E-state index contributed by atoms with van der Waals surface area (Å²) in [5, 5.41) is 48.8. The van der Waals surface area contributed by atoms with E-state index < -0.39 is 36.5 Å². The normalized spacial score (nSPS) is 29.1. The summed E-state index contributed by atoms with van der Waals surface area (Å²) in [6.07, 6.45) is -4.69. The van der Waals surface area contributed by atoms with Gasteiger partial charge in [-0.15, -0.1) is 10.2 Å². The van der Waals surface area contributed by atoms with Crippen LogP contribution in [0, 0.1) is 0 Å². The number of aliphatic hydroxyl groups is 4. The summed E-state index contributed by atoms with van der Waals surface area (Å²) in [5.74, 6) is 0. The number of halogens is 2. The van der Waals surface area contributed by atoms with E-state index in [9.17, 15) is 20.4 Å². The van der Waals surface area contributed by atoms with E-state index >= 15 is 0 Å². The highest BCUT2D eigenvalue weighted by molar-refractivity contribution is 8.01. The smallest absolute Gasteiger partial charge is 0.176 e. The van der Waals surface area contributed by atoms with Gasteiger partial charge in [-0.2, -0.15) is 0 Å². The number of hydrogen-bond acceptors (Lipinski definition) is 9. The molecule has 26 heavy (non-hydrogen) atoms. The second kappa shape index (κ2) is 8.68. The summed E-state index contributed by atoms with van der Waals surface area (Å²) in [5.41, 5.74) is -0.147. The molecule has 0 saturated carbocycles. The van der Waals surface area contributed by atoms with E-state index in [1.165, 1.54) is 11.3 Å². The van der Waals surface area contributed by atoms with Gasteiger partial charge in [-0.25, -0.2) is 0 Å². The highest BCUT2D eigenvalue weighted by Gasteiger charge is 2.44. The molecule has 0 amide bonds. The maximum Gasteiger partial charge on any atom is 0.176 e. The molecule has 0 unspecified atom stereocenters. The summed E-state index contributed by atoms with van der Waals surface area (Å²) < 4.78 is 5.96. The lowest BCUT2D eigenvalue weighted by molar-refractivity contribution is -0.205. The van der Waals surface area contributed by atoms with Gasteiger partial charge < -0.3 is 25.2 Å². The fourth-order valence-corrected chi connectivity index (χ4v) is 5.14. The van der Waals surface area contributed by atoms with Crippen molar-refractivity contribution in [3.05, 3.63) is 38.8 Å². The van der Waals surface area contributed by atoms with Crippen LogP contribution in [0.3, 0.4) is 0 Å². The van der Waals surface area contributed by atoms with E-state index in [2.05, 4.69) is 10.2 Å². The average molecular weight is 439 g/mol. The largest absolute Gasteiger partial charge is 0.394 e. The molecular weight excluding hydrogens is 423 g/mol. The fraction of sp³-hybridized carbons (Fsp3) is 0.467. The molecule has 0 spiro atoms. The van der Waals surface area contributed by atoms with Crippen molar-refractivity contribution in [3.63, 3.8) is 0 Å². The molecule has 0 radical (unpaired) electrons. The Labute approximate surface area is 167 Å². The number of ether oxygens (including phenoxy) is 1. The van der Waals surface area contributed by atoms with Gasteiger partial charge in [0, 0.05) is 16.5 Å². The number of benzene rings is 1. The molecule has 1 aliphatic heterocycles. The van der Waals surface area contributed by atoms with Gasteiger partial charge in [0.05, 0.1) is 6.61 Å². The van der Waals surface area contributed by atoms with Crippen molar-refractivity contribution in [2.45, 2.75) is 40.6 Å². The van der Waals surface area contributed by atoms with Gasteiger partial charge >= 0.3 is 0 Å². The molecule has 142 valence electrons. The maximum atomic E-state index is 10.1. The number of rotatable bonds is 5. The van der Waals surface area contributed by atoms with Crippen LogP contribution in [0.1, 0.15) is 10.6 Å². The van der Waals surface area contributed by atoms with Gasteiger partial charge in [-0.3, -0.25) is 0 Å². The number of thioether (sulfide) groups is 1. The van der Waals surface area contributed by atoms with Crippen molar-refractivity contribution in [3.8, 4) is 0 Å². The van der Waals surface area contributed by atoms with Gasteiger partial charge in [0.1, 0.15) is 34.9 Å². The molecular formula is C15H16Cl2N2O5S2. The lowest BCUT2D eigenvalue weighted by Gasteiger charge is -2.39. The van der Waals surface area contributed by atoms with Crippen LogP contribution in [0.15, 0.2) is 22.5 Å². The third-order valence-corrected chi connectivity index (χ3v) is 6.77. The lowest BCUT2D eigenvalue weighted by atomic mass is 10.0. The average Bonchev–Trinajstić information content (AvgIpc) is 3.06. The minimum Gasteiger partial charge on any atom is -0.394 e. The minimum atomic E-state index is -1.42. The van der Waals surface area contributed by atoms with Crippen LogP contribution in [-0.2, 0) is 11.2 Å². The highest BCUT2D eigenvalue weighted by atomic mass is 35.5. The molecule has 11 heteroatoms. The SMILES string of the molecule is OC[C@H]1O[C@@H](Sc2nnc(Cc3c(Cl)cccc3Cl)s2)[C@H](O)[C@@H](O)[C@@H]1O. The Morgan fingerprint density at radius 2 is 1.77 bits per heavy atom. The van der Waals surface area contributed by atoms with Crippen molar-refractivity contribution in [1.82, 2.24) is 10.2 Å². The van der Waals surface area contributed by atoms with Crippen LogP contribution in [0.4, 0.5) is 0 Å². The highest BCUT2D eigenvalue weighted by Crippen LogP contribution is 2.36. The molecule has 1 aromatic carbocycles. The molecule has 0 bridgehead atoms. The first-order valence-electron chi connectivity index (χ1n) is 7.63. The molecule has 3 rings (SSSR count). The van der Waals surface area contributed by atoms with Crippen LogP contribution >= 0.6 is 46.3 Å². The van der Waals surface area contributed by atoms with Crippen molar-refractivity contribution in [2.24, 2.45) is 0 Å². The van der Waals surface area contributed by atoms with E-state index in [1.54, 1.807) is 18.2 Å². The van der Waals surface area contributed by atoms with Gasteiger partial charge in [0.15, 0.2) is 4.34 Å². The quantitative estimate of drug-likeness (QED) is 0.552. The van der Waals surface area contributed by atoms with Gasteiger partial charge in [-0.1, -0.05) is 52.4 Å². The predicted octanol–water partition coefficient (Wildman–Crippen LogP) is 1.33. The first kappa shape index (κ1) is 20.2. The van der Waals surface area contributed by atoms with Crippen LogP contribution in [0.5, 0.6) is 0 Å². The Morgan fingerprint density at radius 3 is 2.42 bits per heavy atom. The fourth-order valence-electron chi connectivity index (χ4n) is 2.47. The number of aromatic nitrogens is 2. The van der Waals surface area contributed by atoms with Gasteiger partial charge in [0.2, 0.25) is 0 Å². The van der Waals surface area contributed by atoms with Crippen LogP contribution in [0.2, 0.25) is 10.0 Å². The first-order valence-corrected chi connectivity index (χ1v) is 10.1. The second-order valence-electron chi connectivity index (χ2n) is 5.65. The van der Waals surface area contributed by atoms with Crippen molar-refractivity contribution in [1.29, 1.82) is 0 Å². The van der Waals surface area contributed by atoms with E-state index in [-0.39, 0.29) is 0 Å². The molecule has 1 fully saturated rings. The molecule has 0 aliphatic carbocycles. The molecule has 1 saturated heterocycles. The molecule has 1 aliphatic rings. The minimum absolute atomic E-state index is 0.408. The van der Waals surface area contributed by atoms with E-state index in [4.69, 9.17) is 27.9 Å². The standard InChI is InChI=1S/C15H16Cl2N2O5S2/c16-7-2-1-3-8(17)6(7)4-10-18-19-15(25-10)26-14-13(23)12(22)11(21)9(5-20)24-14/h1-3,9,11-14,20-23H,4-5H2/t9-,11-,12+,13-,14+/m1/s1. The molecule has 2 aromatic rings. The van der Waals surface area contributed by atoms with E-state index in [0.29, 0.717) is 25.8 Å². The monoisotopic (exact) mass is 438 g/mol. The van der Waals surface area contributed by atoms with Crippen LogP contribution < -0.4 is 0 Å². The Morgan fingerprint density at radius 1 is 1.08 bits per heavy atom. The number of nitrogens with zero attached hydrogens (tertiary/aromatic N) is 2. The molecule has 1 aromatic heterocycles. The summed E-state index contributed by atoms with van der Waals surface area (Å²) >= 11 is 14.7. The summed E-state index contributed by atoms with van der Waals surface area (Å²) in [4.78, 5) is 0. The number of hydrogen-bond donors (Lipinski definition) is 4. The zero-order chi connectivity index (χ0) is 18.8. The Balaban J connectivity index is 1.70. The summed E-state index contributed by atoms with van der Waals surface area (Å²) in [7, 11) is 0. The molecule has 2 heterocycles. The Bertz CT molecular complexity index is 743. The molecule has 5 atom stereocenters. The third kappa shape index (κ3) is 4.32. The third-order valence-electron chi connectivity index (χ3n) is 3.90. The lowest BCUT2D eigenvalue weighted by Crippen LogP contribution is -2.57. The van der Waals surface area contributed by atoms with E-state index in [0.717, 1.165) is 17.3 Å². The summed E-state index contributed by atoms with van der Waals surface area (Å²) in [6.45, 7) is -0.478. The summed E-state index contributed by atoms with van der Waals surface area (Å²) in [6, 6.07) is 5.25. The van der Waals surface area contributed by atoms with Crippen molar-refractivity contribution in [2.75, 3.05) is 6.61 Å². The Kier molecular flexibility index (Phi) is 6.76. The topological polar surface area (TPSA) is 116 Å². The van der Waals surface area contributed by atoms with Crippen LogP contribution in [-0.4, -0.2) is 67.1 Å². The van der Waals surface area contributed by atoms with Gasteiger partial charge in [-0.05, 0) is 17.7 Å². The van der Waals surface area contributed by atoms with Gasteiger partial charge in [0.25, 0.3) is 0 Å². The first-order chi connectivity index (χ1) is 12.4.